The Morgan fingerprint density at radius 2 is 1.85 bits per heavy atom. The molecule has 1 aromatic rings. The van der Waals surface area contributed by atoms with E-state index in [0.29, 0.717) is 23.7 Å². The van der Waals surface area contributed by atoms with Crippen molar-refractivity contribution in [2.24, 2.45) is 11.8 Å². The van der Waals surface area contributed by atoms with E-state index >= 15 is 0 Å². The Kier molecular flexibility index (Phi) is 6.68. The molecule has 9 heteroatoms. The molecular formula is C25H33F3N2O3Si. The van der Waals surface area contributed by atoms with Crippen molar-refractivity contribution in [1.29, 1.82) is 0 Å². The third kappa shape index (κ3) is 5.08. The Morgan fingerprint density at radius 3 is 2.41 bits per heavy atom. The van der Waals surface area contributed by atoms with Gasteiger partial charge in [-0.2, -0.15) is 13.2 Å². The van der Waals surface area contributed by atoms with E-state index < -0.39 is 25.7 Å². The van der Waals surface area contributed by atoms with Gasteiger partial charge < -0.3 is 14.4 Å². The molecule has 1 aromatic carbocycles. The summed E-state index contributed by atoms with van der Waals surface area (Å²) in [6.07, 6.45) is -1.66. The first kappa shape index (κ1) is 24.9. The van der Waals surface area contributed by atoms with Gasteiger partial charge in [0.25, 0.3) is 11.4 Å². The Bertz CT molecular complexity index is 990. The highest BCUT2D eigenvalue weighted by atomic mass is 28.3. The minimum absolute atomic E-state index is 0.0806. The maximum Gasteiger partial charge on any atom is 0.432 e. The van der Waals surface area contributed by atoms with Gasteiger partial charge in [-0.05, 0) is 49.8 Å². The van der Waals surface area contributed by atoms with Crippen LogP contribution in [-0.2, 0) is 9.53 Å². The number of anilines is 2. The first-order valence-corrected chi connectivity index (χ1v) is 15.6. The van der Waals surface area contributed by atoms with E-state index in [4.69, 9.17) is 9.47 Å². The van der Waals surface area contributed by atoms with Crippen LogP contribution in [0.2, 0.25) is 25.7 Å². The van der Waals surface area contributed by atoms with Crippen LogP contribution < -0.4 is 14.5 Å². The summed E-state index contributed by atoms with van der Waals surface area (Å²) in [5, 5.41) is 0. The number of nitrogens with zero attached hydrogens (tertiary/aromatic N) is 2. The maximum atomic E-state index is 15.0. The van der Waals surface area contributed by atoms with E-state index in [1.54, 1.807) is 18.2 Å². The quantitative estimate of drug-likeness (QED) is 0.280. The van der Waals surface area contributed by atoms with Crippen molar-refractivity contribution in [1.82, 2.24) is 0 Å². The lowest BCUT2D eigenvalue weighted by molar-refractivity contribution is -0.179. The molecule has 1 amide bonds. The van der Waals surface area contributed by atoms with Crippen LogP contribution in [0.1, 0.15) is 25.7 Å². The molecule has 4 rings (SSSR count). The zero-order valence-corrected chi connectivity index (χ0v) is 21.3. The lowest BCUT2D eigenvalue weighted by Crippen LogP contribution is -2.70. The zero-order chi connectivity index (χ0) is 24.7. The largest absolute Gasteiger partial charge is 0.497 e. The fourth-order valence-corrected chi connectivity index (χ4v) is 4.79. The predicted octanol–water partition coefficient (Wildman–Crippen LogP) is 5.29. The summed E-state index contributed by atoms with van der Waals surface area (Å²) >= 11 is 0. The summed E-state index contributed by atoms with van der Waals surface area (Å²) in [6.45, 7) is 6.85. The molecule has 5 nitrogen and oxygen atoms in total. The molecule has 1 atom stereocenters. The van der Waals surface area contributed by atoms with Gasteiger partial charge in [-0.25, -0.2) is 0 Å². The number of carbonyl (C=O) groups is 1. The summed E-state index contributed by atoms with van der Waals surface area (Å²) in [7, 11) is 0.0747. The summed E-state index contributed by atoms with van der Waals surface area (Å²) in [5.41, 5.74) is -2.24. The number of amides is 1. The van der Waals surface area contributed by atoms with E-state index in [1.807, 2.05) is 0 Å². The van der Waals surface area contributed by atoms with E-state index in [2.05, 4.69) is 31.5 Å². The monoisotopic (exact) mass is 494 g/mol. The highest BCUT2D eigenvalue weighted by molar-refractivity contribution is 6.76. The Hall–Kier alpha value is -2.18. The molecule has 0 saturated heterocycles. The van der Waals surface area contributed by atoms with E-state index in [-0.39, 0.29) is 25.1 Å². The highest BCUT2D eigenvalue weighted by Crippen LogP contribution is 2.50. The number of methoxy groups -OCH3 is 1. The first-order chi connectivity index (χ1) is 16.0. The van der Waals surface area contributed by atoms with E-state index in [1.165, 1.54) is 12.0 Å². The highest BCUT2D eigenvalue weighted by Gasteiger charge is 2.68. The fraction of sp³-hybridized carbons (Fsp3) is 0.640. The minimum atomic E-state index is -4.89. The third-order valence-electron chi connectivity index (χ3n) is 6.52. The topological polar surface area (TPSA) is 42.0 Å². The van der Waals surface area contributed by atoms with Crippen molar-refractivity contribution in [2.75, 3.05) is 36.8 Å². The van der Waals surface area contributed by atoms with E-state index in [9.17, 15) is 18.0 Å². The second-order valence-electron chi connectivity index (χ2n) is 10.7. The standard InChI is InChI=1S/C25H33F3N2O3Si/c1-32-20-9-10-21-22(15-20)30(16-19-7-8-19)24(25(26,27)28,12-11-18-5-6-18)23(31)29(21)17-33-13-14-34(2,3)4/h9-10,15,18-19H,5-8,13-14,16-17H2,1-4H3. The molecule has 0 N–H and O–H groups in total. The average molecular weight is 495 g/mol. The number of halogens is 3. The molecule has 2 fully saturated rings. The maximum absolute atomic E-state index is 15.0. The van der Waals surface area contributed by atoms with Crippen molar-refractivity contribution in [3.8, 4) is 17.6 Å². The molecule has 1 heterocycles. The summed E-state index contributed by atoms with van der Waals surface area (Å²) in [4.78, 5) is 16.1. The summed E-state index contributed by atoms with van der Waals surface area (Å²) in [5.74, 6) is 4.61. The van der Waals surface area contributed by atoms with Gasteiger partial charge in [0.05, 0.1) is 18.5 Å². The molecule has 2 saturated carbocycles. The minimum Gasteiger partial charge on any atom is -0.497 e. The molecule has 0 aromatic heterocycles. The molecule has 1 unspecified atom stereocenters. The van der Waals surface area contributed by atoms with E-state index in [0.717, 1.165) is 36.6 Å². The van der Waals surface area contributed by atoms with Gasteiger partial charge in [0.2, 0.25) is 0 Å². The molecule has 0 spiro atoms. The van der Waals surface area contributed by atoms with Crippen LogP contribution in [0.25, 0.3) is 0 Å². The Labute approximate surface area is 200 Å². The fourth-order valence-electron chi connectivity index (χ4n) is 4.03. The number of carbonyl (C=O) groups excluding carboxylic acids is 1. The van der Waals surface area contributed by atoms with Crippen molar-refractivity contribution in [3.63, 3.8) is 0 Å². The molecule has 1 aliphatic heterocycles. The molecule has 0 bridgehead atoms. The Morgan fingerprint density at radius 1 is 1.15 bits per heavy atom. The van der Waals surface area contributed by atoms with Crippen molar-refractivity contribution >= 4 is 25.4 Å². The van der Waals surface area contributed by atoms with Crippen molar-refractivity contribution in [2.45, 2.75) is 63.1 Å². The number of benzene rings is 1. The first-order valence-electron chi connectivity index (χ1n) is 11.9. The lowest BCUT2D eigenvalue weighted by Gasteiger charge is -2.49. The SMILES string of the molecule is COc1ccc2c(c1)N(CC1CC1)C(C#CC1CC1)(C(F)(F)F)C(=O)N2COCC[Si](C)(C)C. The van der Waals surface area contributed by atoms with Crippen LogP contribution in [0.4, 0.5) is 24.5 Å². The lowest BCUT2D eigenvalue weighted by atomic mass is 9.89. The third-order valence-corrected chi connectivity index (χ3v) is 8.23. The number of alkyl halides is 3. The normalized spacial score (nSPS) is 22.9. The van der Waals surface area contributed by atoms with Gasteiger partial charge in [-0.1, -0.05) is 31.5 Å². The molecule has 34 heavy (non-hydrogen) atoms. The van der Waals surface area contributed by atoms with Gasteiger partial charge >= 0.3 is 6.18 Å². The van der Waals surface area contributed by atoms with Gasteiger partial charge in [0, 0.05) is 33.2 Å². The van der Waals surface area contributed by atoms with Gasteiger partial charge in [-0.15, -0.1) is 0 Å². The van der Waals surface area contributed by atoms with Crippen LogP contribution in [0.5, 0.6) is 5.75 Å². The van der Waals surface area contributed by atoms with Gasteiger partial charge in [0.15, 0.2) is 0 Å². The predicted molar refractivity (Wildman–Crippen MR) is 129 cm³/mol. The molecule has 2 aliphatic carbocycles. The second-order valence-corrected chi connectivity index (χ2v) is 16.4. The zero-order valence-electron chi connectivity index (χ0n) is 20.3. The number of rotatable bonds is 8. The molecular weight excluding hydrogens is 461 g/mol. The number of hydrogen-bond donors (Lipinski definition) is 0. The number of fused-ring (bicyclic) bond motifs is 1. The van der Waals surface area contributed by atoms with Gasteiger partial charge in [0.1, 0.15) is 12.5 Å². The summed E-state index contributed by atoms with van der Waals surface area (Å²) in [6, 6.07) is 5.73. The number of ether oxygens (including phenoxy) is 2. The van der Waals surface area contributed by atoms with Crippen LogP contribution >= 0.6 is 0 Å². The second kappa shape index (κ2) is 9.12. The molecule has 186 valence electrons. The Balaban J connectivity index is 1.80. The van der Waals surface area contributed by atoms with Crippen LogP contribution in [0.15, 0.2) is 18.2 Å². The van der Waals surface area contributed by atoms with Crippen molar-refractivity contribution in [3.05, 3.63) is 18.2 Å². The smallest absolute Gasteiger partial charge is 0.432 e. The average Bonchev–Trinajstić information content (AvgIpc) is 3.66. The molecule has 0 radical (unpaired) electrons. The van der Waals surface area contributed by atoms with Gasteiger partial charge in [-0.3, -0.25) is 9.69 Å². The van der Waals surface area contributed by atoms with Crippen LogP contribution in [0.3, 0.4) is 0 Å². The van der Waals surface area contributed by atoms with Crippen LogP contribution in [-0.4, -0.2) is 52.7 Å². The van der Waals surface area contributed by atoms with Crippen LogP contribution in [0, 0.1) is 23.7 Å². The number of hydrogen-bond acceptors (Lipinski definition) is 4. The summed E-state index contributed by atoms with van der Waals surface area (Å²) < 4.78 is 56.0. The molecule has 3 aliphatic rings. The van der Waals surface area contributed by atoms with Crippen molar-refractivity contribution < 1.29 is 27.4 Å².